The monoisotopic (exact) mass is 297 g/mol. The number of unbranched alkanes of at least 4 members (excludes halogenated alkanes) is 11. The first-order chi connectivity index (χ1) is 10.3. The van der Waals surface area contributed by atoms with Crippen molar-refractivity contribution in [3.63, 3.8) is 0 Å². The Morgan fingerprint density at radius 1 is 0.714 bits per heavy atom. The summed E-state index contributed by atoms with van der Waals surface area (Å²) in [6.07, 6.45) is 22.1. The molecule has 0 aromatic carbocycles. The Balaban J connectivity index is 3.17. The molecule has 0 N–H and O–H groups in total. The second-order valence-electron chi connectivity index (χ2n) is 6.32. The van der Waals surface area contributed by atoms with Gasteiger partial charge in [0.15, 0.2) is 0 Å². The molecule has 0 saturated heterocycles. The smallest absolute Gasteiger partial charge is 0.0574 e. The van der Waals surface area contributed by atoms with Crippen molar-refractivity contribution in [2.24, 2.45) is 0 Å². The van der Waals surface area contributed by atoms with Crippen LogP contribution in [0.1, 0.15) is 111 Å². The highest BCUT2D eigenvalue weighted by Gasteiger charge is 2.06. The van der Waals surface area contributed by atoms with E-state index in [-0.39, 0.29) is 0 Å². The molecule has 0 spiro atoms. The first-order valence-corrected chi connectivity index (χ1v) is 9.78. The zero-order valence-corrected chi connectivity index (χ0v) is 15.2. The normalized spacial score (nSPS) is 12.7. The lowest BCUT2D eigenvalue weighted by atomic mass is 10.0. The van der Waals surface area contributed by atoms with Crippen LogP contribution in [0.25, 0.3) is 0 Å². The predicted octanol–water partition coefficient (Wildman–Crippen LogP) is 7.10. The average molecular weight is 298 g/mol. The summed E-state index contributed by atoms with van der Waals surface area (Å²) < 4.78 is 5.78. The molecule has 1 heteroatoms. The van der Waals surface area contributed by atoms with Gasteiger partial charge in [0, 0.05) is 6.61 Å². The number of hydrogen-bond acceptors (Lipinski definition) is 1. The molecule has 0 amide bonds. The van der Waals surface area contributed by atoms with Crippen molar-refractivity contribution in [1.82, 2.24) is 0 Å². The van der Waals surface area contributed by atoms with Gasteiger partial charge in [-0.1, -0.05) is 90.9 Å². The van der Waals surface area contributed by atoms with Crippen molar-refractivity contribution in [2.45, 2.75) is 117 Å². The van der Waals surface area contributed by atoms with Crippen LogP contribution in [0.3, 0.4) is 0 Å². The Kier molecular flexibility index (Phi) is 18.0. The van der Waals surface area contributed by atoms with Crippen LogP contribution in [0.15, 0.2) is 0 Å². The van der Waals surface area contributed by atoms with Gasteiger partial charge in [0.2, 0.25) is 0 Å². The van der Waals surface area contributed by atoms with E-state index in [2.05, 4.69) is 27.2 Å². The van der Waals surface area contributed by atoms with Crippen molar-refractivity contribution in [2.75, 3.05) is 6.61 Å². The molecule has 0 bridgehead atoms. The Morgan fingerprint density at radius 2 is 1.29 bits per heavy atom. The van der Waals surface area contributed by atoms with E-state index < -0.39 is 0 Å². The minimum absolute atomic E-state index is 0.528. The summed E-state index contributed by atoms with van der Waals surface area (Å²) in [6.45, 7) is 7.48. The summed E-state index contributed by atoms with van der Waals surface area (Å²) in [5.74, 6) is 0. The maximum Gasteiger partial charge on any atom is 0.0574 e. The molecule has 0 aromatic heterocycles. The number of hydrogen-bond donors (Lipinski definition) is 0. The molecule has 0 aliphatic heterocycles. The summed E-state index contributed by atoms with van der Waals surface area (Å²) in [5, 5.41) is 0. The van der Waals surface area contributed by atoms with Gasteiger partial charge in [-0.15, -0.1) is 0 Å². The Morgan fingerprint density at radius 3 is 1.81 bits per heavy atom. The molecule has 0 rings (SSSR count). The summed E-state index contributed by atoms with van der Waals surface area (Å²) >= 11 is 0. The molecule has 1 atom stereocenters. The van der Waals surface area contributed by atoms with Gasteiger partial charge in [-0.25, -0.2) is 0 Å². The van der Waals surface area contributed by atoms with E-state index >= 15 is 0 Å². The summed E-state index contributed by atoms with van der Waals surface area (Å²) in [5.41, 5.74) is 0. The second kappa shape index (κ2) is 18.0. The van der Waals surface area contributed by atoms with E-state index in [1.54, 1.807) is 0 Å². The molecular formula is C20H41O. The maximum absolute atomic E-state index is 5.78. The fourth-order valence-electron chi connectivity index (χ4n) is 2.97. The van der Waals surface area contributed by atoms with Gasteiger partial charge in [-0.3, -0.25) is 0 Å². The Labute approximate surface area is 135 Å². The van der Waals surface area contributed by atoms with Crippen LogP contribution in [0.2, 0.25) is 0 Å². The minimum atomic E-state index is 0.528. The van der Waals surface area contributed by atoms with Gasteiger partial charge in [-0.05, 0) is 26.2 Å². The molecular weight excluding hydrogens is 256 g/mol. The maximum atomic E-state index is 5.78. The third-order valence-corrected chi connectivity index (χ3v) is 4.24. The molecule has 0 saturated carbocycles. The van der Waals surface area contributed by atoms with Gasteiger partial charge >= 0.3 is 0 Å². The molecule has 0 fully saturated rings. The van der Waals surface area contributed by atoms with Crippen LogP contribution in [0.5, 0.6) is 0 Å². The van der Waals surface area contributed by atoms with E-state index in [4.69, 9.17) is 4.74 Å². The first kappa shape index (κ1) is 21.0. The first-order valence-electron chi connectivity index (χ1n) is 9.78. The molecule has 0 aliphatic rings. The van der Waals surface area contributed by atoms with Crippen LogP contribution in [-0.2, 0) is 4.74 Å². The Bertz CT molecular complexity index is 173. The van der Waals surface area contributed by atoms with Gasteiger partial charge < -0.3 is 4.74 Å². The number of rotatable bonds is 17. The molecule has 21 heavy (non-hydrogen) atoms. The van der Waals surface area contributed by atoms with Gasteiger partial charge in [-0.2, -0.15) is 0 Å². The molecule has 127 valence electrons. The molecule has 1 nitrogen and oxygen atoms in total. The zero-order chi connectivity index (χ0) is 15.6. The van der Waals surface area contributed by atoms with E-state index in [0.29, 0.717) is 6.10 Å². The van der Waals surface area contributed by atoms with Crippen LogP contribution >= 0.6 is 0 Å². The fourth-order valence-corrected chi connectivity index (χ4v) is 2.97. The van der Waals surface area contributed by atoms with Crippen LogP contribution < -0.4 is 0 Å². The molecule has 0 aliphatic carbocycles. The van der Waals surface area contributed by atoms with Crippen LogP contribution in [0, 0.1) is 6.42 Å². The van der Waals surface area contributed by atoms with Crippen molar-refractivity contribution in [3.05, 3.63) is 6.42 Å². The quantitative estimate of drug-likeness (QED) is 0.260. The standard InChI is InChI=1S/C20H41O/c1-4-7-8-9-10-11-12-13-14-15-16-17-19-20(18-5-2)21-6-3/h7,20H,4-6,8-19H2,1-3H3. The van der Waals surface area contributed by atoms with Gasteiger partial charge in [0.05, 0.1) is 6.10 Å². The molecule has 0 aromatic rings. The van der Waals surface area contributed by atoms with Crippen LogP contribution in [-0.4, -0.2) is 12.7 Å². The van der Waals surface area contributed by atoms with E-state index in [9.17, 15) is 0 Å². The second-order valence-corrected chi connectivity index (χ2v) is 6.32. The van der Waals surface area contributed by atoms with Crippen molar-refractivity contribution >= 4 is 0 Å². The lowest BCUT2D eigenvalue weighted by molar-refractivity contribution is 0.0484. The minimum Gasteiger partial charge on any atom is -0.379 e. The Hall–Kier alpha value is -0.0400. The largest absolute Gasteiger partial charge is 0.379 e. The third-order valence-electron chi connectivity index (χ3n) is 4.24. The van der Waals surface area contributed by atoms with E-state index in [0.717, 1.165) is 6.61 Å². The summed E-state index contributed by atoms with van der Waals surface area (Å²) in [4.78, 5) is 0. The average Bonchev–Trinajstić information content (AvgIpc) is 2.48. The highest BCUT2D eigenvalue weighted by molar-refractivity contribution is 4.61. The highest BCUT2D eigenvalue weighted by Crippen LogP contribution is 2.15. The van der Waals surface area contributed by atoms with Crippen molar-refractivity contribution in [3.8, 4) is 0 Å². The predicted molar refractivity (Wildman–Crippen MR) is 95.7 cm³/mol. The van der Waals surface area contributed by atoms with Crippen LogP contribution in [0.4, 0.5) is 0 Å². The van der Waals surface area contributed by atoms with Crippen molar-refractivity contribution in [1.29, 1.82) is 0 Å². The van der Waals surface area contributed by atoms with Gasteiger partial charge in [0.25, 0.3) is 0 Å². The number of ether oxygens (including phenoxy) is 1. The topological polar surface area (TPSA) is 9.23 Å². The highest BCUT2D eigenvalue weighted by atomic mass is 16.5. The molecule has 1 radical (unpaired) electrons. The SMILES string of the molecule is CC[CH]CCCCCCCCCCCC(CCC)OCC. The lowest BCUT2D eigenvalue weighted by Gasteiger charge is -2.15. The summed E-state index contributed by atoms with van der Waals surface area (Å²) in [7, 11) is 0. The fraction of sp³-hybridized carbons (Fsp3) is 0.950. The zero-order valence-electron chi connectivity index (χ0n) is 15.2. The van der Waals surface area contributed by atoms with E-state index in [1.165, 1.54) is 89.9 Å². The van der Waals surface area contributed by atoms with Crippen molar-refractivity contribution < 1.29 is 4.74 Å². The lowest BCUT2D eigenvalue weighted by Crippen LogP contribution is -2.12. The molecule has 1 unspecified atom stereocenters. The summed E-state index contributed by atoms with van der Waals surface area (Å²) in [6, 6.07) is 0. The van der Waals surface area contributed by atoms with E-state index in [1.807, 2.05) is 0 Å². The van der Waals surface area contributed by atoms with Gasteiger partial charge in [0.1, 0.15) is 0 Å². The third kappa shape index (κ3) is 16.2. The molecule has 0 heterocycles.